The largest absolute Gasteiger partial charge is 0.484 e. The molecule has 2 aromatic rings. The maximum Gasteiger partial charge on any atom is 0.263 e. The van der Waals surface area contributed by atoms with Crippen molar-refractivity contribution in [2.24, 2.45) is 0 Å². The Morgan fingerprint density at radius 2 is 1.71 bits per heavy atom. The number of benzene rings is 1. The highest BCUT2D eigenvalue weighted by Crippen LogP contribution is 2.14. The summed E-state index contributed by atoms with van der Waals surface area (Å²) in [5.74, 6) is 0.708. The fraction of sp³-hybridized carbons (Fsp3) is 0.333. The van der Waals surface area contributed by atoms with E-state index in [0.717, 1.165) is 11.3 Å². The normalized spacial score (nSPS) is 15.0. The molecule has 2 amide bonds. The molecule has 0 N–H and O–H groups in total. The molecule has 126 valence electrons. The van der Waals surface area contributed by atoms with Gasteiger partial charge in [0, 0.05) is 26.2 Å². The lowest BCUT2D eigenvalue weighted by molar-refractivity contribution is -0.133. The fourth-order valence-corrected chi connectivity index (χ4v) is 3.37. The van der Waals surface area contributed by atoms with Gasteiger partial charge in [-0.2, -0.15) is 0 Å². The van der Waals surface area contributed by atoms with Gasteiger partial charge in [0.25, 0.3) is 11.8 Å². The number of ether oxygens (including phenoxy) is 1. The maximum absolute atomic E-state index is 12.4. The number of nitrogens with zero attached hydrogens (tertiary/aromatic N) is 2. The molecule has 0 radical (unpaired) electrons. The molecular weight excluding hydrogens is 324 g/mol. The van der Waals surface area contributed by atoms with Crippen LogP contribution in [-0.4, -0.2) is 54.4 Å². The predicted octanol–water partition coefficient (Wildman–Crippen LogP) is 2.50. The molecule has 0 aliphatic carbocycles. The Morgan fingerprint density at radius 1 is 0.958 bits per heavy atom. The minimum absolute atomic E-state index is 0.0306. The Morgan fingerprint density at radius 3 is 2.46 bits per heavy atom. The van der Waals surface area contributed by atoms with E-state index in [4.69, 9.17) is 4.74 Å². The van der Waals surface area contributed by atoms with Crippen molar-refractivity contribution in [1.29, 1.82) is 0 Å². The van der Waals surface area contributed by atoms with E-state index in [1.165, 1.54) is 11.3 Å². The van der Waals surface area contributed by atoms with Gasteiger partial charge < -0.3 is 14.5 Å². The van der Waals surface area contributed by atoms with Gasteiger partial charge in [0.15, 0.2) is 6.61 Å². The minimum atomic E-state index is -0.0377. The molecule has 0 saturated carbocycles. The van der Waals surface area contributed by atoms with Gasteiger partial charge in [0.1, 0.15) is 5.75 Å². The van der Waals surface area contributed by atoms with Crippen LogP contribution in [0.3, 0.4) is 0 Å². The third-order valence-electron chi connectivity index (χ3n) is 3.97. The average molecular weight is 344 g/mol. The van der Waals surface area contributed by atoms with Crippen LogP contribution in [0.5, 0.6) is 5.75 Å². The van der Waals surface area contributed by atoms with E-state index in [1.54, 1.807) is 4.90 Å². The van der Waals surface area contributed by atoms with Crippen molar-refractivity contribution < 1.29 is 14.3 Å². The zero-order chi connectivity index (χ0) is 16.8. The van der Waals surface area contributed by atoms with Gasteiger partial charge >= 0.3 is 0 Å². The summed E-state index contributed by atoms with van der Waals surface area (Å²) in [6, 6.07) is 13.0. The van der Waals surface area contributed by atoms with Gasteiger partial charge in [-0.3, -0.25) is 9.59 Å². The van der Waals surface area contributed by atoms with Crippen molar-refractivity contribution in [3.05, 3.63) is 52.7 Å². The molecular formula is C18H20N2O3S. The lowest BCUT2D eigenvalue weighted by Gasteiger charge is -2.22. The SMILES string of the molecule is O=C(COc1ccccc1)N1CCCN(C(=O)c2cccs2)CC1. The van der Waals surface area contributed by atoms with Crippen LogP contribution in [0.15, 0.2) is 47.8 Å². The van der Waals surface area contributed by atoms with Crippen molar-refractivity contribution in [2.75, 3.05) is 32.8 Å². The predicted molar refractivity (Wildman–Crippen MR) is 93.4 cm³/mol. The molecule has 0 bridgehead atoms. The average Bonchev–Trinajstić information content (AvgIpc) is 3.04. The number of para-hydroxylation sites is 1. The van der Waals surface area contributed by atoms with Gasteiger partial charge in [-0.1, -0.05) is 24.3 Å². The Kier molecular flexibility index (Phi) is 5.48. The molecule has 1 aliphatic heterocycles. The Bertz CT molecular complexity index is 673. The first-order valence-corrected chi connectivity index (χ1v) is 8.90. The Labute approximate surface area is 145 Å². The topological polar surface area (TPSA) is 49.9 Å². The Balaban J connectivity index is 1.51. The molecule has 2 heterocycles. The third kappa shape index (κ3) is 4.14. The molecule has 1 aromatic heterocycles. The first-order chi connectivity index (χ1) is 11.7. The molecule has 3 rings (SSSR count). The van der Waals surface area contributed by atoms with E-state index in [-0.39, 0.29) is 18.4 Å². The number of amides is 2. The lowest BCUT2D eigenvalue weighted by atomic mass is 10.3. The van der Waals surface area contributed by atoms with E-state index >= 15 is 0 Å². The highest BCUT2D eigenvalue weighted by atomic mass is 32.1. The number of carbonyl (C=O) groups is 2. The van der Waals surface area contributed by atoms with Crippen LogP contribution in [0.4, 0.5) is 0 Å². The van der Waals surface area contributed by atoms with Crippen molar-refractivity contribution in [3.63, 3.8) is 0 Å². The zero-order valence-corrected chi connectivity index (χ0v) is 14.2. The lowest BCUT2D eigenvalue weighted by Crippen LogP contribution is -2.39. The molecule has 24 heavy (non-hydrogen) atoms. The number of thiophene rings is 1. The van der Waals surface area contributed by atoms with Crippen LogP contribution < -0.4 is 4.74 Å². The maximum atomic E-state index is 12.4. The van der Waals surface area contributed by atoms with Crippen molar-refractivity contribution >= 4 is 23.2 Å². The number of rotatable bonds is 4. The summed E-state index contributed by atoms with van der Waals surface area (Å²) in [6.07, 6.45) is 0.786. The van der Waals surface area contributed by atoms with E-state index in [1.807, 2.05) is 52.7 Å². The first kappa shape index (κ1) is 16.5. The van der Waals surface area contributed by atoms with Gasteiger partial charge in [0.05, 0.1) is 4.88 Å². The highest BCUT2D eigenvalue weighted by Gasteiger charge is 2.23. The van der Waals surface area contributed by atoms with Gasteiger partial charge in [-0.05, 0) is 30.0 Å². The van der Waals surface area contributed by atoms with Crippen LogP contribution in [0, 0.1) is 0 Å². The monoisotopic (exact) mass is 344 g/mol. The molecule has 1 saturated heterocycles. The second kappa shape index (κ2) is 7.97. The molecule has 1 aliphatic rings. The second-order valence-electron chi connectivity index (χ2n) is 5.61. The van der Waals surface area contributed by atoms with E-state index in [0.29, 0.717) is 31.9 Å². The molecule has 1 aromatic carbocycles. The molecule has 0 unspecified atom stereocenters. The van der Waals surface area contributed by atoms with Crippen molar-refractivity contribution in [3.8, 4) is 5.75 Å². The highest BCUT2D eigenvalue weighted by molar-refractivity contribution is 7.12. The van der Waals surface area contributed by atoms with Crippen LogP contribution >= 0.6 is 11.3 Å². The van der Waals surface area contributed by atoms with Crippen LogP contribution in [0.1, 0.15) is 16.1 Å². The summed E-state index contributed by atoms with van der Waals surface area (Å²) in [4.78, 5) is 29.1. The first-order valence-electron chi connectivity index (χ1n) is 8.02. The van der Waals surface area contributed by atoms with Gasteiger partial charge in [0.2, 0.25) is 0 Å². The number of hydrogen-bond acceptors (Lipinski definition) is 4. The molecule has 6 heteroatoms. The van der Waals surface area contributed by atoms with Crippen molar-refractivity contribution in [2.45, 2.75) is 6.42 Å². The summed E-state index contributed by atoms with van der Waals surface area (Å²) >= 11 is 1.45. The number of carbonyl (C=O) groups excluding carboxylic acids is 2. The van der Waals surface area contributed by atoms with E-state index in [9.17, 15) is 9.59 Å². The minimum Gasteiger partial charge on any atom is -0.484 e. The molecule has 1 fully saturated rings. The molecule has 0 spiro atoms. The van der Waals surface area contributed by atoms with E-state index < -0.39 is 0 Å². The van der Waals surface area contributed by atoms with E-state index in [2.05, 4.69) is 0 Å². The summed E-state index contributed by atoms with van der Waals surface area (Å²) < 4.78 is 5.52. The molecule has 5 nitrogen and oxygen atoms in total. The zero-order valence-electron chi connectivity index (χ0n) is 13.4. The van der Waals surface area contributed by atoms with Crippen LogP contribution in [-0.2, 0) is 4.79 Å². The number of hydrogen-bond donors (Lipinski definition) is 0. The van der Waals surface area contributed by atoms with Gasteiger partial charge in [-0.25, -0.2) is 0 Å². The van der Waals surface area contributed by atoms with Crippen molar-refractivity contribution in [1.82, 2.24) is 9.80 Å². The standard InChI is InChI=1S/C18H20N2O3S/c21-17(14-23-15-6-2-1-3-7-15)19-9-5-10-20(12-11-19)18(22)16-8-4-13-24-16/h1-4,6-8,13H,5,9-12,14H2. The summed E-state index contributed by atoms with van der Waals surface area (Å²) in [6.45, 7) is 2.48. The second-order valence-corrected chi connectivity index (χ2v) is 6.55. The Hall–Kier alpha value is -2.34. The van der Waals surface area contributed by atoms with Gasteiger partial charge in [-0.15, -0.1) is 11.3 Å². The summed E-state index contributed by atoms with van der Waals surface area (Å²) in [7, 11) is 0. The fourth-order valence-electron chi connectivity index (χ4n) is 2.68. The smallest absolute Gasteiger partial charge is 0.263 e. The quantitative estimate of drug-likeness (QED) is 0.856. The third-order valence-corrected chi connectivity index (χ3v) is 4.83. The molecule has 0 atom stereocenters. The van der Waals surface area contributed by atoms with Crippen LogP contribution in [0.25, 0.3) is 0 Å². The summed E-state index contributed by atoms with van der Waals surface area (Å²) in [5.41, 5.74) is 0. The summed E-state index contributed by atoms with van der Waals surface area (Å²) in [5, 5.41) is 1.90. The van der Waals surface area contributed by atoms with Crippen LogP contribution in [0.2, 0.25) is 0 Å².